The maximum atomic E-state index is 12.1. The molecule has 20 heavy (non-hydrogen) atoms. The van der Waals surface area contributed by atoms with Gasteiger partial charge >= 0.3 is 5.97 Å². The van der Waals surface area contributed by atoms with Gasteiger partial charge in [-0.25, -0.2) is 0 Å². The lowest BCUT2D eigenvalue weighted by atomic mass is 10.0. The van der Waals surface area contributed by atoms with Crippen LogP contribution in [0.4, 0.5) is 0 Å². The number of methoxy groups -OCH3 is 2. The van der Waals surface area contributed by atoms with Crippen molar-refractivity contribution in [2.45, 2.75) is 45.2 Å². The van der Waals surface area contributed by atoms with Crippen molar-refractivity contribution in [3.05, 3.63) is 0 Å². The Morgan fingerprint density at radius 3 is 2.50 bits per heavy atom. The summed E-state index contributed by atoms with van der Waals surface area (Å²) in [6, 6.07) is 0.461. The summed E-state index contributed by atoms with van der Waals surface area (Å²) in [4.78, 5) is 14.4. The summed E-state index contributed by atoms with van der Waals surface area (Å²) in [5, 5.41) is 3.44. The Morgan fingerprint density at radius 2 is 2.05 bits per heavy atom. The fourth-order valence-electron chi connectivity index (χ4n) is 2.49. The van der Waals surface area contributed by atoms with Gasteiger partial charge in [0, 0.05) is 32.8 Å². The summed E-state index contributed by atoms with van der Waals surface area (Å²) >= 11 is 0. The smallest absolute Gasteiger partial charge is 0.327 e. The van der Waals surface area contributed by atoms with E-state index in [9.17, 15) is 4.79 Å². The molecule has 0 aromatic rings. The Morgan fingerprint density at radius 1 is 1.40 bits per heavy atom. The van der Waals surface area contributed by atoms with Crippen molar-refractivity contribution < 1.29 is 14.3 Å². The molecule has 0 radical (unpaired) electrons. The zero-order chi connectivity index (χ0) is 15.2. The molecule has 1 N–H and O–H groups in total. The summed E-state index contributed by atoms with van der Waals surface area (Å²) in [7, 11) is 3.16. The van der Waals surface area contributed by atoms with E-state index in [0.717, 1.165) is 25.9 Å². The van der Waals surface area contributed by atoms with Gasteiger partial charge < -0.3 is 9.47 Å². The number of esters is 1. The Bertz CT molecular complexity index is 305. The molecule has 1 unspecified atom stereocenters. The highest BCUT2D eigenvalue weighted by atomic mass is 16.5. The molecule has 0 aromatic heterocycles. The quantitative estimate of drug-likeness (QED) is 0.613. The molecule has 0 saturated heterocycles. The van der Waals surface area contributed by atoms with Crippen LogP contribution in [0.3, 0.4) is 0 Å². The Kier molecular flexibility index (Phi) is 6.92. The van der Waals surface area contributed by atoms with Crippen LogP contribution in [0.1, 0.15) is 33.6 Å². The fraction of sp³-hybridized carbons (Fsp3) is 0.933. The number of nitrogens with zero attached hydrogens (tertiary/aromatic N) is 1. The van der Waals surface area contributed by atoms with Crippen molar-refractivity contribution in [2.75, 3.05) is 40.5 Å². The van der Waals surface area contributed by atoms with Crippen molar-refractivity contribution in [3.63, 3.8) is 0 Å². The average molecular weight is 286 g/mol. The van der Waals surface area contributed by atoms with Gasteiger partial charge in [-0.05, 0) is 25.7 Å². The standard InChI is InChI=1S/C15H30N2O3/c1-12(2)10-17(8-9-19-4)11-15(3,14(18)20-5)16-13-6-7-13/h12-13,16H,6-11H2,1-5H3. The van der Waals surface area contributed by atoms with Gasteiger partial charge in [0.15, 0.2) is 0 Å². The number of carbonyl (C=O) groups excluding carboxylic acids is 1. The van der Waals surface area contributed by atoms with E-state index in [4.69, 9.17) is 9.47 Å². The van der Waals surface area contributed by atoms with Crippen molar-refractivity contribution >= 4 is 5.97 Å². The molecule has 1 atom stereocenters. The third-order valence-electron chi connectivity index (χ3n) is 3.51. The molecule has 1 rings (SSSR count). The highest BCUT2D eigenvalue weighted by Crippen LogP contribution is 2.24. The molecule has 0 amide bonds. The minimum absolute atomic E-state index is 0.185. The van der Waals surface area contributed by atoms with Crippen LogP contribution in [0.5, 0.6) is 0 Å². The second-order valence-electron chi connectivity index (χ2n) is 6.36. The molecule has 0 aliphatic heterocycles. The second kappa shape index (κ2) is 7.96. The van der Waals surface area contributed by atoms with Crippen molar-refractivity contribution in [1.82, 2.24) is 10.2 Å². The molecule has 1 fully saturated rings. The third-order valence-corrected chi connectivity index (χ3v) is 3.51. The first-order chi connectivity index (χ1) is 9.41. The fourth-order valence-corrected chi connectivity index (χ4v) is 2.49. The van der Waals surface area contributed by atoms with Gasteiger partial charge in [-0.3, -0.25) is 15.0 Å². The van der Waals surface area contributed by atoms with Crippen LogP contribution in [0, 0.1) is 5.92 Å². The lowest BCUT2D eigenvalue weighted by molar-refractivity contribution is -0.149. The SMILES string of the molecule is COCCN(CC(C)C)CC(C)(NC1CC1)C(=O)OC. The van der Waals surface area contributed by atoms with E-state index in [1.165, 1.54) is 7.11 Å². The molecule has 1 aliphatic carbocycles. The molecular weight excluding hydrogens is 256 g/mol. The maximum absolute atomic E-state index is 12.1. The molecule has 118 valence electrons. The summed E-state index contributed by atoms with van der Waals surface area (Å²) < 4.78 is 10.2. The first-order valence-corrected chi connectivity index (χ1v) is 7.48. The van der Waals surface area contributed by atoms with Gasteiger partial charge in [-0.15, -0.1) is 0 Å². The Labute approximate surface area is 123 Å². The van der Waals surface area contributed by atoms with Crippen molar-refractivity contribution in [1.29, 1.82) is 0 Å². The van der Waals surface area contributed by atoms with E-state index in [1.807, 2.05) is 6.92 Å². The van der Waals surface area contributed by atoms with Gasteiger partial charge in [-0.2, -0.15) is 0 Å². The molecule has 1 saturated carbocycles. The molecule has 1 aliphatic rings. The third kappa shape index (κ3) is 5.77. The summed E-state index contributed by atoms with van der Waals surface area (Å²) in [5.41, 5.74) is -0.640. The molecule has 0 bridgehead atoms. The minimum atomic E-state index is -0.640. The van der Waals surface area contributed by atoms with Crippen LogP contribution in [0.25, 0.3) is 0 Å². The van der Waals surface area contributed by atoms with Crippen molar-refractivity contribution in [3.8, 4) is 0 Å². The highest BCUT2D eigenvalue weighted by molar-refractivity contribution is 5.80. The molecule has 5 nitrogen and oxygen atoms in total. The first-order valence-electron chi connectivity index (χ1n) is 7.48. The Balaban J connectivity index is 2.68. The number of rotatable bonds is 10. The number of ether oxygens (including phenoxy) is 2. The van der Waals surface area contributed by atoms with Crippen LogP contribution in [0.15, 0.2) is 0 Å². The lowest BCUT2D eigenvalue weighted by Gasteiger charge is -2.35. The topological polar surface area (TPSA) is 50.8 Å². The lowest BCUT2D eigenvalue weighted by Crippen LogP contribution is -2.58. The normalized spacial score (nSPS) is 18.4. The van der Waals surface area contributed by atoms with Crippen molar-refractivity contribution in [2.24, 2.45) is 5.92 Å². The van der Waals surface area contributed by atoms with Crippen LogP contribution in [0.2, 0.25) is 0 Å². The van der Waals surface area contributed by atoms with E-state index in [2.05, 4.69) is 24.1 Å². The summed E-state index contributed by atoms with van der Waals surface area (Å²) in [5.74, 6) is 0.366. The van der Waals surface area contributed by atoms with Gasteiger partial charge in [0.1, 0.15) is 5.54 Å². The van der Waals surface area contributed by atoms with Crippen LogP contribution in [-0.4, -0.2) is 62.9 Å². The van der Waals surface area contributed by atoms with Crippen LogP contribution >= 0.6 is 0 Å². The van der Waals surface area contributed by atoms with Crippen LogP contribution < -0.4 is 5.32 Å². The maximum Gasteiger partial charge on any atom is 0.327 e. The number of carbonyl (C=O) groups is 1. The predicted molar refractivity (Wildman–Crippen MR) is 79.7 cm³/mol. The zero-order valence-electron chi connectivity index (χ0n) is 13.6. The van der Waals surface area contributed by atoms with E-state index in [0.29, 0.717) is 25.1 Å². The van der Waals surface area contributed by atoms with Gasteiger partial charge in [0.25, 0.3) is 0 Å². The molecule has 5 heteroatoms. The zero-order valence-corrected chi connectivity index (χ0v) is 13.6. The largest absolute Gasteiger partial charge is 0.468 e. The number of hydrogen-bond donors (Lipinski definition) is 1. The minimum Gasteiger partial charge on any atom is -0.468 e. The van der Waals surface area contributed by atoms with Gasteiger partial charge in [0.05, 0.1) is 13.7 Å². The first kappa shape index (κ1) is 17.4. The van der Waals surface area contributed by atoms with Gasteiger partial charge in [0.2, 0.25) is 0 Å². The second-order valence-corrected chi connectivity index (χ2v) is 6.36. The molecular formula is C15H30N2O3. The number of hydrogen-bond acceptors (Lipinski definition) is 5. The monoisotopic (exact) mass is 286 g/mol. The van der Waals surface area contributed by atoms with E-state index >= 15 is 0 Å². The van der Waals surface area contributed by atoms with Gasteiger partial charge in [-0.1, -0.05) is 13.8 Å². The molecule has 0 spiro atoms. The molecule has 0 heterocycles. The van der Waals surface area contributed by atoms with E-state index in [-0.39, 0.29) is 5.97 Å². The summed E-state index contributed by atoms with van der Waals surface area (Å²) in [6.45, 7) is 9.41. The average Bonchev–Trinajstić information content (AvgIpc) is 3.17. The van der Waals surface area contributed by atoms with E-state index < -0.39 is 5.54 Å². The predicted octanol–water partition coefficient (Wildman–Crippen LogP) is 1.27. The highest BCUT2D eigenvalue weighted by Gasteiger charge is 2.40. The molecule has 0 aromatic carbocycles. The van der Waals surface area contributed by atoms with E-state index in [1.54, 1.807) is 7.11 Å². The van der Waals surface area contributed by atoms with Crippen LogP contribution in [-0.2, 0) is 14.3 Å². The summed E-state index contributed by atoms with van der Waals surface area (Å²) in [6.07, 6.45) is 2.30. The Hall–Kier alpha value is -0.650. The number of nitrogens with one attached hydrogen (secondary N) is 1.